The Bertz CT molecular complexity index is 891. The third-order valence-electron chi connectivity index (χ3n) is 4.07. The molecule has 25 heavy (non-hydrogen) atoms. The van der Waals surface area contributed by atoms with Gasteiger partial charge in [-0.1, -0.05) is 42.5 Å². The SMILES string of the molecule is Cc1nc([C@@H]2O[C@@H]2C(=O)c2ccccc2OCc2ccccc2)cs1. The second kappa shape index (κ2) is 6.78. The van der Waals surface area contributed by atoms with Gasteiger partial charge in [-0.2, -0.15) is 0 Å². The van der Waals surface area contributed by atoms with Crippen LogP contribution in [0.4, 0.5) is 0 Å². The lowest BCUT2D eigenvalue weighted by molar-refractivity contribution is 0.0949. The molecule has 1 saturated heterocycles. The lowest BCUT2D eigenvalue weighted by Gasteiger charge is -2.10. The molecule has 0 N–H and O–H groups in total. The number of benzene rings is 2. The van der Waals surface area contributed by atoms with E-state index in [1.54, 1.807) is 17.4 Å². The second-order valence-corrected chi connectivity index (χ2v) is 6.97. The first-order valence-electron chi connectivity index (χ1n) is 8.10. The molecule has 0 aliphatic carbocycles. The minimum Gasteiger partial charge on any atom is -0.488 e. The standard InChI is InChI=1S/C20H17NO3S/c1-13-21-16(12-25-13)19-20(24-19)18(22)15-9-5-6-10-17(15)23-11-14-7-3-2-4-8-14/h2-10,12,19-20H,11H2,1H3/t19-,20+/m0/s1. The Morgan fingerprint density at radius 1 is 1.16 bits per heavy atom. The number of aryl methyl sites for hydroxylation is 1. The molecule has 4 nitrogen and oxygen atoms in total. The predicted molar refractivity (Wildman–Crippen MR) is 96.0 cm³/mol. The molecular weight excluding hydrogens is 334 g/mol. The third kappa shape index (κ3) is 3.48. The minimum absolute atomic E-state index is 0.0562. The van der Waals surface area contributed by atoms with Gasteiger partial charge in [0.1, 0.15) is 18.5 Å². The number of ketones is 1. The fraction of sp³-hybridized carbons (Fsp3) is 0.200. The molecule has 1 aliphatic rings. The molecule has 1 aliphatic heterocycles. The van der Waals surface area contributed by atoms with Crippen LogP contribution in [0.25, 0.3) is 0 Å². The summed E-state index contributed by atoms with van der Waals surface area (Å²) >= 11 is 1.56. The van der Waals surface area contributed by atoms with Gasteiger partial charge < -0.3 is 9.47 Å². The molecule has 126 valence electrons. The Hall–Kier alpha value is -2.50. The number of nitrogens with zero attached hydrogens (tertiary/aromatic N) is 1. The highest BCUT2D eigenvalue weighted by Crippen LogP contribution is 2.41. The zero-order valence-electron chi connectivity index (χ0n) is 13.7. The first-order chi connectivity index (χ1) is 12.2. The molecule has 0 spiro atoms. The number of thiazole rings is 1. The van der Waals surface area contributed by atoms with Gasteiger partial charge in [0.25, 0.3) is 0 Å². The van der Waals surface area contributed by atoms with E-state index in [2.05, 4.69) is 4.98 Å². The Morgan fingerprint density at radius 3 is 2.68 bits per heavy atom. The van der Waals surface area contributed by atoms with Crippen molar-refractivity contribution in [1.29, 1.82) is 0 Å². The van der Waals surface area contributed by atoms with E-state index in [1.807, 2.05) is 60.8 Å². The van der Waals surface area contributed by atoms with Crippen molar-refractivity contribution in [3.05, 3.63) is 81.8 Å². The first-order valence-corrected chi connectivity index (χ1v) is 8.98. The number of aromatic nitrogens is 1. The van der Waals surface area contributed by atoms with Crippen molar-refractivity contribution < 1.29 is 14.3 Å². The normalized spacial score (nSPS) is 18.8. The monoisotopic (exact) mass is 351 g/mol. The van der Waals surface area contributed by atoms with E-state index in [-0.39, 0.29) is 11.9 Å². The van der Waals surface area contributed by atoms with Crippen LogP contribution >= 0.6 is 11.3 Å². The van der Waals surface area contributed by atoms with E-state index in [4.69, 9.17) is 9.47 Å². The third-order valence-corrected chi connectivity index (χ3v) is 4.86. The van der Waals surface area contributed by atoms with Gasteiger partial charge in [0.05, 0.1) is 16.3 Å². The van der Waals surface area contributed by atoms with Gasteiger partial charge >= 0.3 is 0 Å². The Kier molecular flexibility index (Phi) is 4.34. The van der Waals surface area contributed by atoms with Crippen LogP contribution < -0.4 is 4.74 Å². The van der Waals surface area contributed by atoms with Crippen LogP contribution in [0.3, 0.4) is 0 Å². The number of Topliss-reactive ketones (excluding diaryl/α,β-unsaturated/α-hetero) is 1. The van der Waals surface area contributed by atoms with Gasteiger partial charge in [-0.15, -0.1) is 11.3 Å². The van der Waals surface area contributed by atoms with Crippen molar-refractivity contribution in [3.8, 4) is 5.75 Å². The summed E-state index contributed by atoms with van der Waals surface area (Å²) < 4.78 is 11.5. The largest absolute Gasteiger partial charge is 0.488 e. The lowest BCUT2D eigenvalue weighted by atomic mass is 10.0. The van der Waals surface area contributed by atoms with E-state index in [0.717, 1.165) is 16.3 Å². The number of epoxide rings is 1. The van der Waals surface area contributed by atoms with E-state index < -0.39 is 6.10 Å². The van der Waals surface area contributed by atoms with Gasteiger partial charge in [0.15, 0.2) is 11.9 Å². The predicted octanol–water partition coefficient (Wildman–Crippen LogP) is 4.35. The smallest absolute Gasteiger partial charge is 0.198 e. The summed E-state index contributed by atoms with van der Waals surface area (Å²) in [5.41, 5.74) is 2.45. The molecule has 5 heteroatoms. The second-order valence-electron chi connectivity index (χ2n) is 5.90. The lowest BCUT2D eigenvalue weighted by Crippen LogP contribution is -2.11. The molecule has 0 saturated carbocycles. The summed E-state index contributed by atoms with van der Waals surface area (Å²) in [5.74, 6) is 0.527. The molecular formula is C20H17NO3S. The van der Waals surface area contributed by atoms with Gasteiger partial charge in [-0.25, -0.2) is 4.98 Å². The van der Waals surface area contributed by atoms with E-state index >= 15 is 0 Å². The van der Waals surface area contributed by atoms with Crippen molar-refractivity contribution in [2.24, 2.45) is 0 Å². The van der Waals surface area contributed by atoms with Gasteiger partial charge in [0, 0.05) is 5.38 Å². The van der Waals surface area contributed by atoms with Crippen LogP contribution in [0.15, 0.2) is 60.0 Å². The molecule has 0 bridgehead atoms. The fourth-order valence-electron chi connectivity index (χ4n) is 2.73. The number of hydrogen-bond donors (Lipinski definition) is 0. The molecule has 3 aromatic rings. The van der Waals surface area contributed by atoms with Crippen LogP contribution in [-0.2, 0) is 11.3 Å². The summed E-state index contributed by atoms with van der Waals surface area (Å²) in [7, 11) is 0. The van der Waals surface area contributed by atoms with Crippen LogP contribution in [0.1, 0.15) is 32.7 Å². The van der Waals surface area contributed by atoms with Crippen LogP contribution in [-0.4, -0.2) is 16.9 Å². The molecule has 4 rings (SSSR count). The quantitative estimate of drug-likeness (QED) is 0.489. The average Bonchev–Trinajstić information content (AvgIpc) is 3.34. The number of rotatable bonds is 6. The van der Waals surface area contributed by atoms with E-state index in [0.29, 0.717) is 17.9 Å². The molecule has 2 aromatic carbocycles. The maximum Gasteiger partial charge on any atom is 0.198 e. The van der Waals surface area contributed by atoms with Gasteiger partial charge in [-0.05, 0) is 24.6 Å². The highest BCUT2D eigenvalue weighted by molar-refractivity contribution is 7.09. The number of carbonyl (C=O) groups excluding carboxylic acids is 1. The van der Waals surface area contributed by atoms with Crippen molar-refractivity contribution in [1.82, 2.24) is 4.98 Å². The van der Waals surface area contributed by atoms with Crippen LogP contribution in [0.2, 0.25) is 0 Å². The van der Waals surface area contributed by atoms with Crippen molar-refractivity contribution >= 4 is 17.1 Å². The van der Waals surface area contributed by atoms with E-state index in [9.17, 15) is 4.79 Å². The molecule has 0 unspecified atom stereocenters. The van der Waals surface area contributed by atoms with Gasteiger partial charge in [-0.3, -0.25) is 4.79 Å². The van der Waals surface area contributed by atoms with Gasteiger partial charge in [0.2, 0.25) is 0 Å². The van der Waals surface area contributed by atoms with Crippen molar-refractivity contribution in [3.63, 3.8) is 0 Å². The molecule has 1 aromatic heterocycles. The summed E-state index contributed by atoms with van der Waals surface area (Å²) in [4.78, 5) is 17.2. The topological polar surface area (TPSA) is 51.7 Å². The summed E-state index contributed by atoms with van der Waals surface area (Å²) in [6.07, 6.45) is -0.706. The Balaban J connectivity index is 1.48. The van der Waals surface area contributed by atoms with E-state index in [1.165, 1.54) is 0 Å². The molecule has 1 fully saturated rings. The number of para-hydroxylation sites is 1. The fourth-order valence-corrected chi connectivity index (χ4v) is 3.37. The number of hydrogen-bond acceptors (Lipinski definition) is 5. The maximum atomic E-state index is 12.8. The Morgan fingerprint density at radius 2 is 1.92 bits per heavy atom. The number of carbonyl (C=O) groups is 1. The average molecular weight is 351 g/mol. The zero-order valence-corrected chi connectivity index (χ0v) is 14.5. The molecule has 2 heterocycles. The van der Waals surface area contributed by atoms with Crippen molar-refractivity contribution in [2.45, 2.75) is 25.7 Å². The molecule has 0 amide bonds. The highest BCUT2D eigenvalue weighted by atomic mass is 32.1. The number of ether oxygens (including phenoxy) is 2. The van der Waals surface area contributed by atoms with Crippen LogP contribution in [0, 0.1) is 6.92 Å². The summed E-state index contributed by atoms with van der Waals surface area (Å²) in [6.45, 7) is 2.37. The Labute approximate surface area is 150 Å². The minimum atomic E-state index is -0.469. The molecule has 0 radical (unpaired) electrons. The first kappa shape index (κ1) is 16.0. The maximum absolute atomic E-state index is 12.8. The summed E-state index contributed by atoms with van der Waals surface area (Å²) in [6, 6.07) is 17.2. The van der Waals surface area contributed by atoms with Crippen molar-refractivity contribution in [2.75, 3.05) is 0 Å². The molecule has 2 atom stereocenters. The van der Waals surface area contributed by atoms with Crippen LogP contribution in [0.5, 0.6) is 5.75 Å². The zero-order chi connectivity index (χ0) is 17.2. The summed E-state index contributed by atoms with van der Waals surface area (Å²) in [5, 5.41) is 2.92. The highest BCUT2D eigenvalue weighted by Gasteiger charge is 2.48.